The van der Waals surface area contributed by atoms with Gasteiger partial charge in [-0.3, -0.25) is 0 Å². The van der Waals surface area contributed by atoms with Gasteiger partial charge in [0.1, 0.15) is 0 Å². The minimum atomic E-state index is -1.54. The summed E-state index contributed by atoms with van der Waals surface area (Å²) in [7, 11) is -1.54. The Hall–Kier alpha value is -13.6. The van der Waals surface area contributed by atoms with Crippen LogP contribution in [-0.2, 0) is 0 Å². The molecule has 0 amide bonds. The Bertz CT molecular complexity index is 7300. The second kappa shape index (κ2) is 28.8. The summed E-state index contributed by atoms with van der Waals surface area (Å²) in [6.07, 6.45) is 0. The Labute approximate surface area is 657 Å². The highest BCUT2D eigenvalue weighted by atomic mass is 79.9. The molecule has 0 heterocycles. The van der Waals surface area contributed by atoms with E-state index in [2.05, 4.69) is 392 Å². The van der Waals surface area contributed by atoms with Gasteiger partial charge >= 0.3 is 7.12 Å². The molecule has 0 saturated carbocycles. The van der Waals surface area contributed by atoms with Crippen LogP contribution in [0.3, 0.4) is 0 Å². The molecule has 0 bridgehead atoms. The smallest absolute Gasteiger partial charge is 0.423 e. The lowest BCUT2D eigenvalue weighted by Gasteiger charge is -2.18. The molecule has 0 aromatic heterocycles. The molecule has 0 radical (unpaired) electrons. The predicted molar refractivity (Wildman–Crippen MR) is 485 cm³/mol. The highest BCUT2D eigenvalue weighted by molar-refractivity contribution is 9.10. The van der Waals surface area contributed by atoms with E-state index in [1.807, 2.05) is 36.4 Å². The van der Waals surface area contributed by atoms with E-state index in [9.17, 15) is 10.0 Å². The molecule has 22 aromatic carbocycles. The molecule has 2 N–H and O–H groups in total. The van der Waals surface area contributed by atoms with Crippen LogP contribution in [0.1, 0.15) is 0 Å². The summed E-state index contributed by atoms with van der Waals surface area (Å²) >= 11 is 3.58. The van der Waals surface area contributed by atoms with Gasteiger partial charge in [0.25, 0.3) is 0 Å². The Morgan fingerprint density at radius 3 is 0.768 bits per heavy atom. The maximum absolute atomic E-state index is 10.2. The minimum Gasteiger partial charge on any atom is -0.423 e. The molecule has 0 saturated heterocycles. The molecular formula is C108H70BBrO2. The van der Waals surface area contributed by atoms with Gasteiger partial charge in [-0.2, -0.15) is 0 Å². The topological polar surface area (TPSA) is 40.5 Å². The molecule has 112 heavy (non-hydrogen) atoms. The first-order valence-electron chi connectivity index (χ1n) is 38.3. The Morgan fingerprint density at radius 1 is 0.161 bits per heavy atom. The van der Waals surface area contributed by atoms with E-state index in [4.69, 9.17) is 0 Å². The van der Waals surface area contributed by atoms with E-state index in [1.165, 1.54) is 174 Å². The average Bonchev–Trinajstić information content (AvgIpc) is 0.739. The van der Waals surface area contributed by atoms with Gasteiger partial charge in [-0.05, 0) is 243 Å². The van der Waals surface area contributed by atoms with E-state index in [0.717, 1.165) is 37.1 Å². The van der Waals surface area contributed by atoms with E-state index in [-0.39, 0.29) is 0 Å². The monoisotopic (exact) mass is 1490 g/mol. The predicted octanol–water partition coefficient (Wildman–Crippen LogP) is 29.0. The number of hydrogen-bond acceptors (Lipinski definition) is 2. The number of hydrogen-bond donors (Lipinski definition) is 2. The van der Waals surface area contributed by atoms with Crippen molar-refractivity contribution in [3.63, 3.8) is 0 Å². The van der Waals surface area contributed by atoms with E-state index >= 15 is 0 Å². The zero-order valence-corrected chi connectivity index (χ0v) is 62.7. The van der Waals surface area contributed by atoms with Crippen LogP contribution in [0, 0.1) is 0 Å². The zero-order chi connectivity index (χ0) is 74.8. The molecule has 0 spiro atoms. The first-order chi connectivity index (χ1) is 55.3. The molecule has 2 nitrogen and oxygen atoms in total. The quantitative estimate of drug-likeness (QED) is 0.0904. The van der Waals surface area contributed by atoms with Crippen LogP contribution in [0.5, 0.6) is 0 Å². The highest BCUT2D eigenvalue weighted by Crippen LogP contribution is 2.47. The lowest BCUT2D eigenvalue weighted by Crippen LogP contribution is -2.31. The van der Waals surface area contributed by atoms with Crippen molar-refractivity contribution in [3.8, 4) is 77.9 Å². The van der Waals surface area contributed by atoms with Gasteiger partial charge in [0, 0.05) is 4.47 Å². The van der Waals surface area contributed by atoms with Crippen molar-refractivity contribution in [1.82, 2.24) is 0 Å². The highest BCUT2D eigenvalue weighted by Gasteiger charge is 2.24. The van der Waals surface area contributed by atoms with Gasteiger partial charge < -0.3 is 10.0 Å². The lowest BCUT2D eigenvalue weighted by atomic mass is 9.72. The SMILES string of the molecule is Brc1cccc(-c2ccc3c4ccccc4c4ccccc4c3c2)c1.OB(O)c1c2ccccc2c(-c2ccc(-c3cccc4ccccc34)cc2)c2ccccc12.c1cc(-c2ccc3c4ccccc4c4ccccc4c3c2)cc(-c2c3ccccc3c(-c3ccc(-c4cccc5ccccc45)cc3)c3ccccc23)c1. The molecule has 4 heteroatoms. The van der Waals surface area contributed by atoms with Crippen molar-refractivity contribution in [1.29, 1.82) is 0 Å². The third-order valence-corrected chi connectivity index (χ3v) is 23.3. The number of halogens is 1. The van der Waals surface area contributed by atoms with Crippen molar-refractivity contribution in [2.45, 2.75) is 0 Å². The van der Waals surface area contributed by atoms with Crippen LogP contribution in [0.15, 0.2) is 417 Å². The van der Waals surface area contributed by atoms with Crippen LogP contribution in [-0.4, -0.2) is 17.2 Å². The second-order valence-electron chi connectivity index (χ2n) is 29.1. The van der Waals surface area contributed by atoms with Crippen molar-refractivity contribution in [2.75, 3.05) is 0 Å². The Balaban J connectivity index is 0.000000120. The summed E-state index contributed by atoms with van der Waals surface area (Å²) in [5.74, 6) is 0. The molecule has 0 fully saturated rings. The minimum absolute atomic E-state index is 0.553. The van der Waals surface area contributed by atoms with Crippen LogP contribution in [0.4, 0.5) is 0 Å². The zero-order valence-electron chi connectivity index (χ0n) is 61.1. The largest absolute Gasteiger partial charge is 0.489 e. The third kappa shape index (κ3) is 12.0. The molecule has 0 atom stereocenters. The first kappa shape index (κ1) is 67.8. The maximum Gasteiger partial charge on any atom is 0.489 e. The average molecular weight is 1490 g/mol. The molecule has 22 aromatic rings. The van der Waals surface area contributed by atoms with Crippen molar-refractivity contribution in [2.24, 2.45) is 0 Å². The number of rotatable bonds is 8. The fraction of sp³-hybridized carbons (Fsp3) is 0. The Kier molecular flexibility index (Phi) is 17.4. The first-order valence-corrected chi connectivity index (χ1v) is 39.1. The summed E-state index contributed by atoms with van der Waals surface area (Å²) in [4.78, 5) is 0. The number of fused-ring (bicyclic) bond motifs is 18. The van der Waals surface area contributed by atoms with Gasteiger partial charge in [-0.15, -0.1) is 0 Å². The van der Waals surface area contributed by atoms with Gasteiger partial charge in [0.05, 0.1) is 0 Å². The van der Waals surface area contributed by atoms with Crippen LogP contribution < -0.4 is 5.46 Å². The van der Waals surface area contributed by atoms with Crippen molar-refractivity contribution >= 4 is 158 Å². The molecule has 0 aliphatic carbocycles. The van der Waals surface area contributed by atoms with Crippen molar-refractivity contribution in [3.05, 3.63) is 417 Å². The Morgan fingerprint density at radius 2 is 0.402 bits per heavy atom. The fourth-order valence-corrected chi connectivity index (χ4v) is 18.2. The third-order valence-electron chi connectivity index (χ3n) is 22.8. The van der Waals surface area contributed by atoms with Gasteiger partial charge in [-0.1, -0.05) is 398 Å². The second-order valence-corrected chi connectivity index (χ2v) is 30.0. The normalized spacial score (nSPS) is 11.5. The molecule has 524 valence electrons. The summed E-state index contributed by atoms with van der Waals surface area (Å²) in [6.45, 7) is 0. The molecule has 0 aliphatic rings. The molecule has 22 rings (SSSR count). The molecule has 0 aliphatic heterocycles. The van der Waals surface area contributed by atoms with Crippen LogP contribution >= 0.6 is 15.9 Å². The number of benzene rings is 22. The molecule has 0 unspecified atom stereocenters. The maximum atomic E-state index is 10.2. The van der Waals surface area contributed by atoms with Gasteiger partial charge in [0.15, 0.2) is 0 Å². The van der Waals surface area contributed by atoms with Gasteiger partial charge in [0.2, 0.25) is 0 Å². The van der Waals surface area contributed by atoms with Gasteiger partial charge in [-0.25, -0.2) is 0 Å². The van der Waals surface area contributed by atoms with Crippen LogP contribution in [0.2, 0.25) is 0 Å². The van der Waals surface area contributed by atoms with E-state index in [0.29, 0.717) is 5.46 Å². The fourth-order valence-electron chi connectivity index (χ4n) is 17.8. The van der Waals surface area contributed by atoms with E-state index in [1.54, 1.807) is 0 Å². The molecular weight excluding hydrogens is 1420 g/mol. The van der Waals surface area contributed by atoms with E-state index < -0.39 is 7.12 Å². The van der Waals surface area contributed by atoms with Crippen LogP contribution in [0.25, 0.3) is 207 Å². The summed E-state index contributed by atoms with van der Waals surface area (Å²) in [6, 6.07) is 148. The van der Waals surface area contributed by atoms with Crippen molar-refractivity contribution < 1.29 is 10.0 Å². The summed E-state index contributed by atoms with van der Waals surface area (Å²) < 4.78 is 1.11. The lowest BCUT2D eigenvalue weighted by molar-refractivity contribution is 0.426. The summed E-state index contributed by atoms with van der Waals surface area (Å²) in [5.41, 5.74) is 17.6. The standard InChI is InChI=1S/C54H34.C30H21BO2.C24H15Br/c1-2-17-41-35(13-1)14-12-26-42(41)36-27-29-37(30-28-36)53-48-22-7-9-24-50(48)54(51-25-10-8-23-49(51)53)40-16-11-15-38(33-40)39-31-32-47-45-20-4-3-18-43(45)44-19-5-6-21-46(44)52(47)34-39;32-31(33)30-27-13-5-3-11-25(27)29(26-12-4-6-14-28(26)30)22-18-16-21(17-19-22)24-15-7-9-20-8-1-2-10-23(20)24;25-18-7-5-6-16(14-18)17-12-13-23-21-10-2-1-8-19(21)20-9-3-4-11-22(20)24(23)15-17/h1-34H;1-19,32-33H;1-15H. The summed E-state index contributed by atoms with van der Waals surface area (Å²) in [5, 5.41) is 49.8.